The number of furan rings is 2. The average molecular weight is 642 g/mol. The number of nitrogens with zero attached hydrogens (tertiary/aromatic N) is 1. The molecule has 0 fully saturated rings. The van der Waals surface area contributed by atoms with Gasteiger partial charge in [-0.05, 0) is 75.7 Å². The van der Waals surface area contributed by atoms with E-state index in [-0.39, 0.29) is 0 Å². The van der Waals surface area contributed by atoms with Crippen LogP contribution in [0.2, 0.25) is 0 Å². The SMILES string of the molecule is C1=c2ccccc2=Cc2c(oc3cccc(-c4ccccc4N(c4ccc(-c5ccccc5)cc4)c4ccc5c(c4)oc4ccccc45)c23)C1. The van der Waals surface area contributed by atoms with E-state index < -0.39 is 0 Å². The van der Waals surface area contributed by atoms with Crippen molar-refractivity contribution in [3.05, 3.63) is 186 Å². The summed E-state index contributed by atoms with van der Waals surface area (Å²) in [6.45, 7) is 0. The van der Waals surface area contributed by atoms with Gasteiger partial charge in [-0.1, -0.05) is 121 Å². The molecule has 0 radical (unpaired) electrons. The van der Waals surface area contributed by atoms with Crippen molar-refractivity contribution in [1.82, 2.24) is 0 Å². The lowest BCUT2D eigenvalue weighted by atomic mass is 9.95. The minimum Gasteiger partial charge on any atom is -0.460 e. The monoisotopic (exact) mass is 641 g/mol. The Labute approximate surface area is 289 Å². The summed E-state index contributed by atoms with van der Waals surface area (Å²) in [6.07, 6.45) is 5.31. The Kier molecular flexibility index (Phi) is 6.56. The minimum atomic E-state index is 0.746. The van der Waals surface area contributed by atoms with Gasteiger partial charge in [0.05, 0.1) is 5.69 Å². The van der Waals surface area contributed by atoms with Crippen molar-refractivity contribution in [3.8, 4) is 22.3 Å². The van der Waals surface area contributed by atoms with E-state index in [1.807, 2.05) is 12.1 Å². The van der Waals surface area contributed by atoms with Gasteiger partial charge in [-0.3, -0.25) is 0 Å². The predicted octanol–water partition coefficient (Wildman–Crippen LogP) is 11.3. The van der Waals surface area contributed by atoms with Crippen molar-refractivity contribution in [2.24, 2.45) is 0 Å². The zero-order chi connectivity index (χ0) is 33.0. The van der Waals surface area contributed by atoms with Crippen LogP contribution in [0.4, 0.5) is 17.1 Å². The van der Waals surface area contributed by atoms with Crippen LogP contribution in [0.3, 0.4) is 0 Å². The third-order valence-corrected chi connectivity index (χ3v) is 9.92. The molecule has 0 amide bonds. The van der Waals surface area contributed by atoms with Gasteiger partial charge in [0.2, 0.25) is 0 Å². The molecule has 0 saturated heterocycles. The van der Waals surface area contributed by atoms with Crippen LogP contribution < -0.4 is 15.3 Å². The summed E-state index contributed by atoms with van der Waals surface area (Å²) in [5, 5.41) is 5.80. The van der Waals surface area contributed by atoms with Crippen molar-refractivity contribution in [3.63, 3.8) is 0 Å². The largest absolute Gasteiger partial charge is 0.460 e. The Bertz CT molecular complexity index is 2840. The molecule has 0 bridgehead atoms. The highest BCUT2D eigenvalue weighted by Crippen LogP contribution is 2.45. The lowest BCUT2D eigenvalue weighted by Gasteiger charge is -2.28. The molecule has 0 aliphatic heterocycles. The number of rotatable bonds is 5. The fourth-order valence-corrected chi connectivity index (χ4v) is 7.55. The third-order valence-electron chi connectivity index (χ3n) is 9.92. The van der Waals surface area contributed by atoms with Crippen LogP contribution in [-0.4, -0.2) is 0 Å². The second-order valence-electron chi connectivity index (χ2n) is 12.8. The molecule has 3 nitrogen and oxygen atoms in total. The topological polar surface area (TPSA) is 29.5 Å². The molecule has 7 aromatic carbocycles. The van der Waals surface area contributed by atoms with Crippen molar-refractivity contribution in [1.29, 1.82) is 0 Å². The molecule has 10 rings (SSSR count). The third kappa shape index (κ3) is 4.67. The van der Waals surface area contributed by atoms with Gasteiger partial charge in [0.25, 0.3) is 0 Å². The maximum Gasteiger partial charge on any atom is 0.137 e. The summed E-state index contributed by atoms with van der Waals surface area (Å²) in [5.41, 5.74) is 11.6. The lowest BCUT2D eigenvalue weighted by Crippen LogP contribution is -2.22. The quantitative estimate of drug-likeness (QED) is 0.187. The van der Waals surface area contributed by atoms with E-state index in [0.717, 1.165) is 78.8 Å². The molecule has 236 valence electrons. The van der Waals surface area contributed by atoms with E-state index in [4.69, 9.17) is 8.83 Å². The molecule has 1 aliphatic rings. The molecule has 2 heterocycles. The van der Waals surface area contributed by atoms with Crippen LogP contribution in [0.1, 0.15) is 11.3 Å². The molecule has 0 atom stereocenters. The number of anilines is 3. The maximum atomic E-state index is 6.58. The van der Waals surface area contributed by atoms with Crippen LogP contribution >= 0.6 is 0 Å². The Hall–Kier alpha value is -6.58. The molecule has 1 aliphatic carbocycles. The Morgan fingerprint density at radius 1 is 0.460 bits per heavy atom. The highest BCUT2D eigenvalue weighted by Gasteiger charge is 2.23. The van der Waals surface area contributed by atoms with Gasteiger partial charge in [-0.25, -0.2) is 0 Å². The molecule has 3 heteroatoms. The van der Waals surface area contributed by atoms with Crippen LogP contribution in [0.5, 0.6) is 0 Å². The van der Waals surface area contributed by atoms with E-state index in [9.17, 15) is 0 Å². The smallest absolute Gasteiger partial charge is 0.137 e. The number of fused-ring (bicyclic) bond motifs is 7. The summed E-state index contributed by atoms with van der Waals surface area (Å²) < 4.78 is 13.0. The Balaban J connectivity index is 1.20. The predicted molar refractivity (Wildman–Crippen MR) is 206 cm³/mol. The van der Waals surface area contributed by atoms with E-state index in [0.29, 0.717) is 0 Å². The first-order valence-electron chi connectivity index (χ1n) is 17.1. The molecule has 0 N–H and O–H groups in total. The first-order chi connectivity index (χ1) is 24.8. The van der Waals surface area contributed by atoms with E-state index in [1.165, 1.54) is 21.6 Å². The van der Waals surface area contributed by atoms with Gasteiger partial charge in [-0.2, -0.15) is 0 Å². The highest BCUT2D eigenvalue weighted by molar-refractivity contribution is 6.07. The minimum absolute atomic E-state index is 0.746. The Morgan fingerprint density at radius 2 is 1.14 bits per heavy atom. The summed E-state index contributed by atoms with van der Waals surface area (Å²) in [5.74, 6) is 0.991. The van der Waals surface area contributed by atoms with Gasteiger partial charge < -0.3 is 13.7 Å². The van der Waals surface area contributed by atoms with Crippen LogP contribution in [0, 0.1) is 0 Å². The van der Waals surface area contributed by atoms with E-state index >= 15 is 0 Å². The fourth-order valence-electron chi connectivity index (χ4n) is 7.55. The zero-order valence-electron chi connectivity index (χ0n) is 27.2. The standard InChI is InChI=1S/C47H31NO2/c1-2-11-31(12-3-1)33-21-24-35(25-22-33)48(36-26-27-39-38-16-7-9-19-43(38)50-46(39)30-36)42-18-8-6-15-37(42)40-17-10-20-45-47(40)41-29-34-14-5-4-13-32(34)23-28-44(41)49-45/h1-27,29-30H,28H2. The second kappa shape index (κ2) is 11.5. The molecular formula is C47H31NO2. The maximum absolute atomic E-state index is 6.58. The summed E-state index contributed by atoms with van der Waals surface area (Å²) in [6, 6.07) is 57.8. The average Bonchev–Trinajstić information content (AvgIpc) is 3.67. The Morgan fingerprint density at radius 3 is 2.04 bits per heavy atom. The van der Waals surface area contributed by atoms with Gasteiger partial charge >= 0.3 is 0 Å². The van der Waals surface area contributed by atoms with Gasteiger partial charge in [-0.15, -0.1) is 0 Å². The zero-order valence-corrected chi connectivity index (χ0v) is 27.2. The second-order valence-corrected chi connectivity index (χ2v) is 12.8. The molecule has 0 unspecified atom stereocenters. The lowest BCUT2D eigenvalue weighted by molar-refractivity contribution is 0.568. The number of hydrogen-bond acceptors (Lipinski definition) is 3. The van der Waals surface area contributed by atoms with Crippen molar-refractivity contribution >= 4 is 62.1 Å². The van der Waals surface area contributed by atoms with E-state index in [2.05, 4.69) is 169 Å². The molecule has 0 spiro atoms. The van der Waals surface area contributed by atoms with Crippen LogP contribution in [0.25, 0.3) is 67.3 Å². The van der Waals surface area contributed by atoms with Gasteiger partial charge in [0.1, 0.15) is 22.5 Å². The first-order valence-corrected chi connectivity index (χ1v) is 17.1. The van der Waals surface area contributed by atoms with Crippen LogP contribution in [0.15, 0.2) is 173 Å². The molecule has 9 aromatic rings. The van der Waals surface area contributed by atoms with Gasteiger partial charge in [0, 0.05) is 51.1 Å². The highest BCUT2D eigenvalue weighted by atomic mass is 16.3. The molecule has 50 heavy (non-hydrogen) atoms. The number of para-hydroxylation sites is 2. The molecule has 0 saturated carbocycles. The normalized spacial score (nSPS) is 12.2. The summed E-state index contributed by atoms with van der Waals surface area (Å²) in [4.78, 5) is 2.35. The fraction of sp³-hybridized carbons (Fsp3) is 0.0213. The van der Waals surface area contributed by atoms with Crippen molar-refractivity contribution in [2.75, 3.05) is 4.90 Å². The van der Waals surface area contributed by atoms with Crippen LogP contribution in [-0.2, 0) is 6.42 Å². The van der Waals surface area contributed by atoms with Crippen molar-refractivity contribution < 1.29 is 8.83 Å². The number of hydrogen-bond donors (Lipinski definition) is 0. The number of benzene rings is 7. The summed E-state index contributed by atoms with van der Waals surface area (Å²) >= 11 is 0. The van der Waals surface area contributed by atoms with E-state index in [1.54, 1.807) is 0 Å². The molecular weight excluding hydrogens is 611 g/mol. The first kappa shape index (κ1) is 28.4. The van der Waals surface area contributed by atoms with Crippen molar-refractivity contribution in [2.45, 2.75) is 6.42 Å². The van der Waals surface area contributed by atoms with Gasteiger partial charge in [0.15, 0.2) is 0 Å². The molecule has 2 aromatic heterocycles. The summed E-state index contributed by atoms with van der Waals surface area (Å²) in [7, 11) is 0.